The van der Waals surface area contributed by atoms with Gasteiger partial charge in [0, 0.05) is 18.7 Å². The van der Waals surface area contributed by atoms with E-state index in [0.29, 0.717) is 0 Å². The van der Waals surface area contributed by atoms with Crippen LogP contribution in [0.2, 0.25) is 0 Å². The first-order chi connectivity index (χ1) is 8.70. The molecule has 102 valence electrons. The van der Waals surface area contributed by atoms with Crippen molar-refractivity contribution in [2.75, 3.05) is 26.2 Å². The second-order valence-electron chi connectivity index (χ2n) is 5.35. The second-order valence-corrected chi connectivity index (χ2v) is 5.35. The van der Waals surface area contributed by atoms with Crippen LogP contribution in [0.3, 0.4) is 0 Å². The van der Waals surface area contributed by atoms with Gasteiger partial charge in [0.25, 0.3) is 0 Å². The lowest BCUT2D eigenvalue weighted by atomic mass is 9.97. The van der Waals surface area contributed by atoms with Crippen LogP contribution in [0, 0.1) is 19.8 Å². The number of aromatic nitrogens is 1. The highest BCUT2D eigenvalue weighted by molar-refractivity contribution is 5.20. The molecular formula is C14H25N3O. The molecule has 0 amide bonds. The van der Waals surface area contributed by atoms with Crippen LogP contribution in [0.1, 0.15) is 36.8 Å². The van der Waals surface area contributed by atoms with E-state index in [9.17, 15) is 0 Å². The summed E-state index contributed by atoms with van der Waals surface area (Å²) < 4.78 is 5.24. The van der Waals surface area contributed by atoms with Crippen LogP contribution in [0.5, 0.6) is 0 Å². The molecule has 18 heavy (non-hydrogen) atoms. The van der Waals surface area contributed by atoms with Crippen molar-refractivity contribution in [1.29, 1.82) is 0 Å². The maximum Gasteiger partial charge on any atom is 0.138 e. The number of likely N-dealkylation sites (tertiary alicyclic amines) is 1. The normalized spacial score (nSPS) is 21.4. The highest BCUT2D eigenvalue weighted by Crippen LogP contribution is 2.21. The van der Waals surface area contributed by atoms with Gasteiger partial charge in [-0.25, -0.2) is 0 Å². The minimum Gasteiger partial charge on any atom is -0.361 e. The number of rotatable bonds is 5. The van der Waals surface area contributed by atoms with Crippen LogP contribution in [0.15, 0.2) is 4.52 Å². The zero-order valence-electron chi connectivity index (χ0n) is 11.8. The van der Waals surface area contributed by atoms with E-state index in [2.05, 4.69) is 22.3 Å². The first-order valence-corrected chi connectivity index (χ1v) is 7.05. The van der Waals surface area contributed by atoms with Gasteiger partial charge in [0.1, 0.15) is 5.76 Å². The molecule has 0 bridgehead atoms. The Morgan fingerprint density at radius 2 is 2.28 bits per heavy atom. The molecule has 1 aliphatic rings. The van der Waals surface area contributed by atoms with Crippen molar-refractivity contribution < 1.29 is 4.52 Å². The summed E-state index contributed by atoms with van der Waals surface area (Å²) in [7, 11) is 0. The van der Waals surface area contributed by atoms with Crippen LogP contribution in [-0.4, -0.2) is 36.2 Å². The van der Waals surface area contributed by atoms with Crippen molar-refractivity contribution in [1.82, 2.24) is 15.4 Å². The van der Waals surface area contributed by atoms with Crippen LogP contribution < -0.4 is 5.32 Å². The lowest BCUT2D eigenvalue weighted by Gasteiger charge is -2.32. The molecule has 1 atom stereocenters. The number of nitrogens with one attached hydrogen (secondary N) is 1. The van der Waals surface area contributed by atoms with Crippen molar-refractivity contribution in [3.8, 4) is 0 Å². The van der Waals surface area contributed by atoms with E-state index in [-0.39, 0.29) is 0 Å². The largest absolute Gasteiger partial charge is 0.361 e. The zero-order chi connectivity index (χ0) is 13.0. The number of aryl methyl sites for hydroxylation is 2. The fourth-order valence-electron chi connectivity index (χ4n) is 2.76. The molecule has 2 heterocycles. The van der Waals surface area contributed by atoms with E-state index in [0.717, 1.165) is 37.0 Å². The van der Waals surface area contributed by atoms with E-state index in [1.807, 2.05) is 13.8 Å². The fraction of sp³-hybridized carbons (Fsp3) is 0.786. The minimum absolute atomic E-state index is 0.791. The number of piperidine rings is 1. The van der Waals surface area contributed by atoms with Gasteiger partial charge in [-0.2, -0.15) is 0 Å². The molecule has 0 aliphatic carbocycles. The predicted molar refractivity (Wildman–Crippen MR) is 72.5 cm³/mol. The molecule has 1 aliphatic heterocycles. The first-order valence-electron chi connectivity index (χ1n) is 7.05. The minimum atomic E-state index is 0.791. The summed E-state index contributed by atoms with van der Waals surface area (Å²) in [5.41, 5.74) is 2.32. The Balaban J connectivity index is 1.89. The maximum atomic E-state index is 5.24. The lowest BCUT2D eigenvalue weighted by Crippen LogP contribution is -2.39. The third kappa shape index (κ3) is 3.33. The Morgan fingerprint density at radius 3 is 2.94 bits per heavy atom. The highest BCUT2D eigenvalue weighted by Gasteiger charge is 2.21. The number of hydrogen-bond acceptors (Lipinski definition) is 4. The third-order valence-electron chi connectivity index (χ3n) is 3.85. The molecule has 1 fully saturated rings. The first kappa shape index (κ1) is 13.6. The van der Waals surface area contributed by atoms with Gasteiger partial charge in [-0.1, -0.05) is 12.1 Å². The van der Waals surface area contributed by atoms with E-state index < -0.39 is 0 Å². The van der Waals surface area contributed by atoms with E-state index in [1.54, 1.807) is 0 Å². The number of nitrogens with zero attached hydrogens (tertiary/aromatic N) is 2. The van der Waals surface area contributed by atoms with Crippen LogP contribution >= 0.6 is 0 Å². The molecular weight excluding hydrogens is 226 g/mol. The van der Waals surface area contributed by atoms with Crippen molar-refractivity contribution in [3.05, 3.63) is 17.0 Å². The van der Waals surface area contributed by atoms with Gasteiger partial charge >= 0.3 is 0 Å². The average molecular weight is 251 g/mol. The molecule has 1 unspecified atom stereocenters. The van der Waals surface area contributed by atoms with Crippen LogP contribution in [-0.2, 0) is 6.54 Å². The smallest absolute Gasteiger partial charge is 0.138 e. The Labute approximate surface area is 110 Å². The third-order valence-corrected chi connectivity index (χ3v) is 3.85. The monoisotopic (exact) mass is 251 g/mol. The van der Waals surface area contributed by atoms with Gasteiger partial charge in [0.15, 0.2) is 0 Å². The molecule has 4 heteroatoms. The summed E-state index contributed by atoms with van der Waals surface area (Å²) in [6.07, 6.45) is 2.66. The van der Waals surface area contributed by atoms with Gasteiger partial charge in [0.2, 0.25) is 0 Å². The second kappa shape index (κ2) is 6.34. The van der Waals surface area contributed by atoms with Gasteiger partial charge in [-0.15, -0.1) is 0 Å². The molecule has 1 aromatic rings. The van der Waals surface area contributed by atoms with Crippen molar-refractivity contribution in [2.24, 2.45) is 5.92 Å². The summed E-state index contributed by atoms with van der Waals surface area (Å²) in [4.78, 5) is 2.54. The Hall–Kier alpha value is -0.870. The lowest BCUT2D eigenvalue weighted by molar-refractivity contribution is 0.165. The van der Waals surface area contributed by atoms with Gasteiger partial charge in [0.05, 0.1) is 5.69 Å². The molecule has 1 saturated heterocycles. The summed E-state index contributed by atoms with van der Waals surface area (Å²) >= 11 is 0. The standard InChI is InChI=1S/C14H25N3O/c1-4-15-8-13-6-5-7-17(9-13)10-14-11(2)16-18-12(14)3/h13,15H,4-10H2,1-3H3. The molecule has 0 saturated carbocycles. The summed E-state index contributed by atoms with van der Waals surface area (Å²) in [5.74, 6) is 1.76. The summed E-state index contributed by atoms with van der Waals surface area (Å²) in [6, 6.07) is 0. The van der Waals surface area contributed by atoms with E-state index in [1.165, 1.54) is 31.5 Å². The topological polar surface area (TPSA) is 41.3 Å². The van der Waals surface area contributed by atoms with E-state index >= 15 is 0 Å². The van der Waals surface area contributed by atoms with Gasteiger partial charge < -0.3 is 9.84 Å². The SMILES string of the molecule is CCNCC1CCCN(Cc2c(C)noc2C)C1. The molecule has 0 spiro atoms. The summed E-state index contributed by atoms with van der Waals surface area (Å²) in [5, 5.41) is 7.50. The predicted octanol–water partition coefficient (Wildman–Crippen LogP) is 2.11. The zero-order valence-corrected chi connectivity index (χ0v) is 11.8. The Morgan fingerprint density at radius 1 is 1.44 bits per heavy atom. The van der Waals surface area contributed by atoms with Crippen LogP contribution in [0.25, 0.3) is 0 Å². The van der Waals surface area contributed by atoms with Gasteiger partial charge in [-0.05, 0) is 52.2 Å². The average Bonchev–Trinajstić information content (AvgIpc) is 2.69. The van der Waals surface area contributed by atoms with Crippen LogP contribution in [0.4, 0.5) is 0 Å². The van der Waals surface area contributed by atoms with Crippen molar-refractivity contribution >= 4 is 0 Å². The quantitative estimate of drug-likeness (QED) is 0.870. The molecule has 1 aromatic heterocycles. The molecule has 2 rings (SSSR count). The number of hydrogen-bond donors (Lipinski definition) is 1. The Bertz CT molecular complexity index is 356. The summed E-state index contributed by atoms with van der Waals surface area (Å²) in [6.45, 7) is 11.8. The fourth-order valence-corrected chi connectivity index (χ4v) is 2.76. The maximum absolute atomic E-state index is 5.24. The molecule has 4 nitrogen and oxygen atoms in total. The van der Waals surface area contributed by atoms with E-state index in [4.69, 9.17) is 4.52 Å². The molecule has 1 N–H and O–H groups in total. The van der Waals surface area contributed by atoms with Crippen molar-refractivity contribution in [2.45, 2.75) is 40.2 Å². The highest BCUT2D eigenvalue weighted by atomic mass is 16.5. The van der Waals surface area contributed by atoms with Crippen molar-refractivity contribution in [3.63, 3.8) is 0 Å². The van der Waals surface area contributed by atoms with Gasteiger partial charge in [-0.3, -0.25) is 4.90 Å². The Kier molecular flexibility index (Phi) is 4.78. The molecule has 0 radical (unpaired) electrons. The molecule has 0 aromatic carbocycles.